The minimum atomic E-state index is 0.161. The Morgan fingerprint density at radius 3 is 2.35 bits per heavy atom. The lowest BCUT2D eigenvalue weighted by molar-refractivity contribution is 0.733. The zero-order valence-corrected chi connectivity index (χ0v) is 15.3. The number of aryl methyl sites for hydroxylation is 1. The normalized spacial score (nSPS) is 15.7. The van der Waals surface area contributed by atoms with Gasteiger partial charge in [0.15, 0.2) is 0 Å². The standard InChI is InChI=1S/C23H21N3/c1-16-15-19(18-9-6-5-7-10-18)13-14-21(16)26-17(2)25(4)22-12-8-11-20(24-3)23(22)26/h5-15,17H,1-2,4H3/t17-/m0/s1. The summed E-state index contributed by atoms with van der Waals surface area (Å²) in [6.45, 7) is 11.9. The van der Waals surface area contributed by atoms with E-state index >= 15 is 0 Å². The first-order valence-electron chi connectivity index (χ1n) is 8.80. The topological polar surface area (TPSA) is 10.8 Å². The van der Waals surface area contributed by atoms with Crippen LogP contribution in [0.4, 0.5) is 22.7 Å². The molecule has 128 valence electrons. The van der Waals surface area contributed by atoms with Crippen LogP contribution in [0.15, 0.2) is 66.7 Å². The smallest absolute Gasteiger partial charge is 0.212 e. The number of benzene rings is 3. The Kier molecular flexibility index (Phi) is 3.89. The predicted molar refractivity (Wildman–Crippen MR) is 109 cm³/mol. The second kappa shape index (κ2) is 6.24. The van der Waals surface area contributed by atoms with E-state index < -0.39 is 0 Å². The molecule has 0 amide bonds. The van der Waals surface area contributed by atoms with E-state index in [0.29, 0.717) is 5.69 Å². The molecule has 0 fully saturated rings. The fourth-order valence-electron chi connectivity index (χ4n) is 3.76. The maximum absolute atomic E-state index is 7.58. The van der Waals surface area contributed by atoms with E-state index in [1.807, 2.05) is 18.2 Å². The molecule has 4 rings (SSSR count). The fourth-order valence-corrected chi connectivity index (χ4v) is 3.76. The van der Waals surface area contributed by atoms with Gasteiger partial charge in [-0.05, 0) is 48.7 Å². The van der Waals surface area contributed by atoms with Gasteiger partial charge in [-0.15, -0.1) is 0 Å². The maximum Gasteiger partial charge on any atom is 0.212 e. The number of rotatable bonds is 2. The molecule has 0 aliphatic carbocycles. The van der Waals surface area contributed by atoms with Crippen molar-refractivity contribution < 1.29 is 0 Å². The molecule has 0 saturated carbocycles. The maximum atomic E-state index is 7.58. The van der Waals surface area contributed by atoms with Crippen molar-refractivity contribution in [2.24, 2.45) is 0 Å². The first-order valence-corrected chi connectivity index (χ1v) is 8.80. The van der Waals surface area contributed by atoms with Gasteiger partial charge in [-0.1, -0.05) is 48.5 Å². The van der Waals surface area contributed by atoms with Crippen molar-refractivity contribution in [1.29, 1.82) is 0 Å². The molecular weight excluding hydrogens is 318 g/mol. The third kappa shape index (κ3) is 2.43. The summed E-state index contributed by atoms with van der Waals surface area (Å²) >= 11 is 0. The summed E-state index contributed by atoms with van der Waals surface area (Å²) in [5.41, 5.74) is 7.61. The lowest BCUT2D eigenvalue weighted by Gasteiger charge is -2.29. The average molecular weight is 339 g/mol. The molecule has 0 saturated heterocycles. The Bertz CT molecular complexity index is 1000. The van der Waals surface area contributed by atoms with Gasteiger partial charge in [-0.25, -0.2) is 4.85 Å². The Morgan fingerprint density at radius 1 is 0.885 bits per heavy atom. The van der Waals surface area contributed by atoms with Gasteiger partial charge in [-0.3, -0.25) is 0 Å². The molecule has 0 unspecified atom stereocenters. The van der Waals surface area contributed by atoms with Crippen LogP contribution in [-0.4, -0.2) is 13.2 Å². The van der Waals surface area contributed by atoms with Gasteiger partial charge >= 0.3 is 0 Å². The van der Waals surface area contributed by atoms with Crippen molar-refractivity contribution in [3.63, 3.8) is 0 Å². The first-order chi connectivity index (χ1) is 12.6. The summed E-state index contributed by atoms with van der Waals surface area (Å²) in [6.07, 6.45) is 0.161. The summed E-state index contributed by atoms with van der Waals surface area (Å²) < 4.78 is 0. The predicted octanol–water partition coefficient (Wildman–Crippen LogP) is 6.15. The van der Waals surface area contributed by atoms with E-state index in [2.05, 4.69) is 84.1 Å². The Hall–Kier alpha value is -3.25. The fraction of sp³-hybridized carbons (Fsp3) is 0.174. The molecule has 1 atom stereocenters. The van der Waals surface area contributed by atoms with E-state index in [4.69, 9.17) is 6.57 Å². The molecule has 1 heterocycles. The van der Waals surface area contributed by atoms with E-state index in [0.717, 1.165) is 17.1 Å². The summed E-state index contributed by atoms with van der Waals surface area (Å²) in [6, 6.07) is 23.0. The number of anilines is 3. The van der Waals surface area contributed by atoms with Crippen LogP contribution in [-0.2, 0) is 0 Å². The summed E-state index contributed by atoms with van der Waals surface area (Å²) in [4.78, 5) is 8.28. The Balaban J connectivity index is 1.84. The third-order valence-corrected chi connectivity index (χ3v) is 5.23. The van der Waals surface area contributed by atoms with Crippen LogP contribution in [0.2, 0.25) is 0 Å². The van der Waals surface area contributed by atoms with Gasteiger partial charge in [0.25, 0.3) is 0 Å². The van der Waals surface area contributed by atoms with E-state index in [-0.39, 0.29) is 6.17 Å². The zero-order valence-electron chi connectivity index (χ0n) is 15.3. The van der Waals surface area contributed by atoms with Gasteiger partial charge in [0, 0.05) is 12.7 Å². The number of hydrogen-bond donors (Lipinski definition) is 0. The molecular formula is C23H21N3. The van der Waals surface area contributed by atoms with Gasteiger partial charge in [0.2, 0.25) is 5.69 Å². The summed E-state index contributed by atoms with van der Waals surface area (Å²) in [7, 11) is 2.09. The summed E-state index contributed by atoms with van der Waals surface area (Å²) in [5, 5.41) is 0. The average Bonchev–Trinajstić information content (AvgIpc) is 2.93. The number of hydrogen-bond acceptors (Lipinski definition) is 2. The van der Waals surface area contributed by atoms with Crippen LogP contribution in [0.1, 0.15) is 12.5 Å². The molecule has 1 aliphatic heterocycles. The van der Waals surface area contributed by atoms with Crippen LogP contribution in [0.3, 0.4) is 0 Å². The minimum absolute atomic E-state index is 0.161. The molecule has 0 aromatic heterocycles. The van der Waals surface area contributed by atoms with Gasteiger partial charge < -0.3 is 9.80 Å². The van der Waals surface area contributed by atoms with Crippen LogP contribution in [0.5, 0.6) is 0 Å². The SMILES string of the molecule is [C-]#[N+]c1cccc2c1N(c1ccc(-c3ccccc3)cc1C)[C@@H](C)N2C. The molecule has 0 bridgehead atoms. The van der Waals surface area contributed by atoms with Crippen LogP contribution in [0.25, 0.3) is 16.0 Å². The van der Waals surface area contributed by atoms with E-state index in [1.54, 1.807) is 0 Å². The molecule has 3 aromatic rings. The zero-order chi connectivity index (χ0) is 18.3. The number of para-hydroxylation sites is 1. The van der Waals surface area contributed by atoms with Crippen molar-refractivity contribution >= 4 is 22.7 Å². The quantitative estimate of drug-likeness (QED) is 0.519. The molecule has 3 nitrogen and oxygen atoms in total. The van der Waals surface area contributed by atoms with Crippen LogP contribution >= 0.6 is 0 Å². The Morgan fingerprint density at radius 2 is 1.65 bits per heavy atom. The second-order valence-electron chi connectivity index (χ2n) is 6.74. The molecule has 26 heavy (non-hydrogen) atoms. The van der Waals surface area contributed by atoms with Crippen LogP contribution < -0.4 is 9.80 Å². The lowest BCUT2D eigenvalue weighted by atomic mass is 10.0. The third-order valence-electron chi connectivity index (χ3n) is 5.23. The summed E-state index contributed by atoms with van der Waals surface area (Å²) in [5.74, 6) is 0. The highest BCUT2D eigenvalue weighted by Crippen LogP contribution is 2.49. The van der Waals surface area contributed by atoms with Crippen molar-refractivity contribution in [2.45, 2.75) is 20.0 Å². The molecule has 1 aliphatic rings. The number of nitrogens with zero attached hydrogens (tertiary/aromatic N) is 3. The highest BCUT2D eigenvalue weighted by molar-refractivity contribution is 5.93. The lowest BCUT2D eigenvalue weighted by Crippen LogP contribution is -2.35. The van der Waals surface area contributed by atoms with Gasteiger partial charge in [0.1, 0.15) is 6.17 Å². The van der Waals surface area contributed by atoms with E-state index in [1.165, 1.54) is 16.7 Å². The van der Waals surface area contributed by atoms with Gasteiger partial charge in [-0.2, -0.15) is 0 Å². The number of fused-ring (bicyclic) bond motifs is 1. The second-order valence-corrected chi connectivity index (χ2v) is 6.74. The molecule has 0 spiro atoms. The molecule has 3 aromatic carbocycles. The highest BCUT2D eigenvalue weighted by atomic mass is 15.4. The van der Waals surface area contributed by atoms with Crippen LogP contribution in [0, 0.1) is 13.5 Å². The Labute approximate surface area is 154 Å². The molecule has 3 heteroatoms. The first kappa shape index (κ1) is 16.2. The van der Waals surface area contributed by atoms with Crippen molar-refractivity contribution in [1.82, 2.24) is 0 Å². The van der Waals surface area contributed by atoms with E-state index in [9.17, 15) is 0 Å². The molecule has 0 N–H and O–H groups in total. The molecule has 0 radical (unpaired) electrons. The largest absolute Gasteiger partial charge is 0.354 e. The van der Waals surface area contributed by atoms with Gasteiger partial charge in [0.05, 0.1) is 17.9 Å². The van der Waals surface area contributed by atoms with Crippen molar-refractivity contribution in [2.75, 3.05) is 16.8 Å². The van der Waals surface area contributed by atoms with Crippen molar-refractivity contribution in [3.8, 4) is 11.1 Å². The van der Waals surface area contributed by atoms with Crippen molar-refractivity contribution in [3.05, 3.63) is 83.7 Å². The highest BCUT2D eigenvalue weighted by Gasteiger charge is 2.34. The minimum Gasteiger partial charge on any atom is -0.354 e. The monoisotopic (exact) mass is 339 g/mol.